The van der Waals surface area contributed by atoms with Crippen molar-refractivity contribution in [1.29, 1.82) is 0 Å². The Morgan fingerprint density at radius 3 is 2.32 bits per heavy atom. The molecule has 22 heavy (non-hydrogen) atoms. The van der Waals surface area contributed by atoms with Gasteiger partial charge in [-0.05, 0) is 41.8 Å². The normalized spacial score (nSPS) is 11.7. The second-order valence-electron chi connectivity index (χ2n) is 5.14. The molecule has 0 spiro atoms. The number of rotatable bonds is 6. The Morgan fingerprint density at radius 2 is 1.77 bits per heavy atom. The average Bonchev–Trinajstić information content (AvgIpc) is 2.55. The van der Waals surface area contributed by atoms with Gasteiger partial charge >= 0.3 is 0 Å². The smallest absolute Gasteiger partial charge is 0.224 e. The average molecular weight is 299 g/mol. The fourth-order valence-corrected chi connectivity index (χ4v) is 2.30. The largest absolute Gasteiger partial charge is 0.508 e. The number of hydrogen-bond acceptors (Lipinski definition) is 3. The molecule has 0 aromatic heterocycles. The molecule has 0 bridgehead atoms. The maximum absolute atomic E-state index is 12.2. The summed E-state index contributed by atoms with van der Waals surface area (Å²) in [4.78, 5) is 12.2. The van der Waals surface area contributed by atoms with Gasteiger partial charge in [0.1, 0.15) is 11.5 Å². The standard InChI is InChI=1S/C18H21NO3/c1-3-17(14-6-10-16(22-2)11-7-14)19-18(21)12-13-4-8-15(20)9-5-13/h4-11,17,20H,3,12H2,1-2H3,(H,19,21). The highest BCUT2D eigenvalue weighted by atomic mass is 16.5. The van der Waals surface area contributed by atoms with Crippen LogP contribution in [-0.2, 0) is 11.2 Å². The Hall–Kier alpha value is -2.49. The zero-order valence-corrected chi connectivity index (χ0v) is 12.9. The molecule has 1 unspecified atom stereocenters. The van der Waals surface area contributed by atoms with E-state index in [1.807, 2.05) is 31.2 Å². The summed E-state index contributed by atoms with van der Waals surface area (Å²) in [5.74, 6) is 0.969. The highest BCUT2D eigenvalue weighted by Gasteiger charge is 2.13. The molecule has 2 N–H and O–H groups in total. The molecule has 0 aliphatic heterocycles. The van der Waals surface area contributed by atoms with Crippen LogP contribution in [0.1, 0.15) is 30.5 Å². The van der Waals surface area contributed by atoms with Gasteiger partial charge in [-0.1, -0.05) is 31.2 Å². The number of ether oxygens (including phenoxy) is 1. The topological polar surface area (TPSA) is 58.6 Å². The predicted molar refractivity (Wildman–Crippen MR) is 86.0 cm³/mol. The van der Waals surface area contributed by atoms with E-state index in [-0.39, 0.29) is 17.7 Å². The van der Waals surface area contributed by atoms with E-state index in [0.717, 1.165) is 23.3 Å². The summed E-state index contributed by atoms with van der Waals surface area (Å²) in [5, 5.41) is 12.3. The van der Waals surface area contributed by atoms with Crippen LogP contribution in [0.4, 0.5) is 0 Å². The molecule has 0 aliphatic rings. The van der Waals surface area contributed by atoms with E-state index in [1.54, 1.807) is 31.4 Å². The van der Waals surface area contributed by atoms with E-state index >= 15 is 0 Å². The lowest BCUT2D eigenvalue weighted by atomic mass is 10.0. The number of carbonyl (C=O) groups is 1. The first-order valence-corrected chi connectivity index (χ1v) is 7.33. The Balaban J connectivity index is 1.99. The van der Waals surface area contributed by atoms with Crippen LogP contribution < -0.4 is 10.1 Å². The first-order valence-electron chi connectivity index (χ1n) is 7.33. The van der Waals surface area contributed by atoms with Crippen molar-refractivity contribution in [2.75, 3.05) is 7.11 Å². The van der Waals surface area contributed by atoms with Gasteiger partial charge in [0, 0.05) is 0 Å². The fourth-order valence-electron chi connectivity index (χ4n) is 2.30. The highest BCUT2D eigenvalue weighted by Crippen LogP contribution is 2.20. The third-order valence-corrected chi connectivity index (χ3v) is 3.56. The third kappa shape index (κ3) is 4.25. The van der Waals surface area contributed by atoms with E-state index in [2.05, 4.69) is 5.32 Å². The van der Waals surface area contributed by atoms with Gasteiger partial charge in [0.2, 0.25) is 5.91 Å². The van der Waals surface area contributed by atoms with Gasteiger partial charge < -0.3 is 15.2 Å². The van der Waals surface area contributed by atoms with Crippen molar-refractivity contribution in [1.82, 2.24) is 5.32 Å². The minimum Gasteiger partial charge on any atom is -0.508 e. The van der Waals surface area contributed by atoms with Gasteiger partial charge in [-0.15, -0.1) is 0 Å². The van der Waals surface area contributed by atoms with Gasteiger partial charge in [-0.3, -0.25) is 4.79 Å². The molecule has 0 aliphatic carbocycles. The van der Waals surface area contributed by atoms with Crippen molar-refractivity contribution in [2.45, 2.75) is 25.8 Å². The lowest BCUT2D eigenvalue weighted by Gasteiger charge is -2.18. The summed E-state index contributed by atoms with van der Waals surface area (Å²) in [6, 6.07) is 14.4. The summed E-state index contributed by atoms with van der Waals surface area (Å²) >= 11 is 0. The zero-order valence-electron chi connectivity index (χ0n) is 12.9. The number of carbonyl (C=O) groups excluding carboxylic acids is 1. The Bertz CT molecular complexity index is 605. The van der Waals surface area contributed by atoms with Crippen LogP contribution in [0, 0.1) is 0 Å². The van der Waals surface area contributed by atoms with Gasteiger partial charge in [0.05, 0.1) is 19.6 Å². The number of aromatic hydroxyl groups is 1. The number of phenols is 1. The second-order valence-corrected chi connectivity index (χ2v) is 5.14. The van der Waals surface area contributed by atoms with Crippen molar-refractivity contribution in [3.63, 3.8) is 0 Å². The fraction of sp³-hybridized carbons (Fsp3) is 0.278. The predicted octanol–water partition coefficient (Wildman–Crippen LogP) is 3.21. The first kappa shape index (κ1) is 15.9. The highest BCUT2D eigenvalue weighted by molar-refractivity contribution is 5.79. The van der Waals surface area contributed by atoms with Crippen LogP contribution in [0.25, 0.3) is 0 Å². The molecule has 116 valence electrons. The van der Waals surface area contributed by atoms with Crippen LogP contribution in [0.15, 0.2) is 48.5 Å². The molecule has 2 aromatic carbocycles. The minimum absolute atomic E-state index is 0.0180. The molecule has 4 nitrogen and oxygen atoms in total. The molecule has 0 saturated carbocycles. The van der Waals surface area contributed by atoms with Crippen LogP contribution in [-0.4, -0.2) is 18.1 Å². The molecular weight excluding hydrogens is 278 g/mol. The number of benzene rings is 2. The van der Waals surface area contributed by atoms with Crippen LogP contribution in [0.3, 0.4) is 0 Å². The van der Waals surface area contributed by atoms with Crippen LogP contribution in [0.5, 0.6) is 11.5 Å². The first-order chi connectivity index (χ1) is 10.6. The number of phenolic OH excluding ortho intramolecular Hbond substituents is 1. The molecule has 2 aromatic rings. The maximum Gasteiger partial charge on any atom is 0.224 e. The van der Waals surface area contributed by atoms with Gasteiger partial charge in [-0.2, -0.15) is 0 Å². The van der Waals surface area contributed by atoms with Gasteiger partial charge in [0.25, 0.3) is 0 Å². The SMILES string of the molecule is CCC(NC(=O)Cc1ccc(O)cc1)c1ccc(OC)cc1. The number of hydrogen-bond donors (Lipinski definition) is 2. The van der Waals surface area contributed by atoms with Crippen LogP contribution in [0.2, 0.25) is 0 Å². The van der Waals surface area contributed by atoms with E-state index in [0.29, 0.717) is 6.42 Å². The van der Waals surface area contributed by atoms with Crippen molar-refractivity contribution >= 4 is 5.91 Å². The molecule has 0 radical (unpaired) electrons. The quantitative estimate of drug-likeness (QED) is 0.861. The molecule has 2 rings (SSSR count). The number of methoxy groups -OCH3 is 1. The molecule has 1 amide bonds. The number of amides is 1. The second kappa shape index (κ2) is 7.50. The summed E-state index contributed by atoms with van der Waals surface area (Å²) in [6.07, 6.45) is 1.11. The molecule has 4 heteroatoms. The Labute approximate surface area is 130 Å². The minimum atomic E-state index is -0.0339. The van der Waals surface area contributed by atoms with Gasteiger partial charge in [-0.25, -0.2) is 0 Å². The Kier molecular flexibility index (Phi) is 5.42. The summed E-state index contributed by atoms with van der Waals surface area (Å²) < 4.78 is 5.14. The number of nitrogens with one attached hydrogen (secondary N) is 1. The van der Waals surface area contributed by atoms with Crippen molar-refractivity contribution in [2.24, 2.45) is 0 Å². The van der Waals surface area contributed by atoms with E-state index in [4.69, 9.17) is 4.74 Å². The van der Waals surface area contributed by atoms with Crippen LogP contribution >= 0.6 is 0 Å². The Morgan fingerprint density at radius 1 is 1.14 bits per heavy atom. The lowest BCUT2D eigenvalue weighted by molar-refractivity contribution is -0.121. The van der Waals surface area contributed by atoms with Crippen molar-refractivity contribution in [3.8, 4) is 11.5 Å². The van der Waals surface area contributed by atoms with E-state index < -0.39 is 0 Å². The molecule has 1 atom stereocenters. The summed E-state index contributed by atoms with van der Waals surface area (Å²) in [7, 11) is 1.63. The summed E-state index contributed by atoms with van der Waals surface area (Å²) in [5.41, 5.74) is 1.93. The maximum atomic E-state index is 12.2. The molecular formula is C18H21NO3. The monoisotopic (exact) mass is 299 g/mol. The summed E-state index contributed by atoms with van der Waals surface area (Å²) in [6.45, 7) is 2.04. The zero-order chi connectivity index (χ0) is 15.9. The third-order valence-electron chi connectivity index (χ3n) is 3.56. The van der Waals surface area contributed by atoms with Gasteiger partial charge in [0.15, 0.2) is 0 Å². The van der Waals surface area contributed by atoms with Crippen molar-refractivity contribution < 1.29 is 14.6 Å². The molecule has 0 fully saturated rings. The molecule has 0 heterocycles. The molecule has 0 saturated heterocycles. The van der Waals surface area contributed by atoms with E-state index in [1.165, 1.54) is 0 Å². The van der Waals surface area contributed by atoms with E-state index in [9.17, 15) is 9.90 Å². The van der Waals surface area contributed by atoms with Crippen molar-refractivity contribution in [3.05, 3.63) is 59.7 Å². The lowest BCUT2D eigenvalue weighted by Crippen LogP contribution is -2.29.